The number of carboxylic acid groups (broad SMARTS) is 1. The van der Waals surface area contributed by atoms with Crippen LogP contribution < -0.4 is 29.5 Å². The van der Waals surface area contributed by atoms with Crippen LogP contribution in [0.15, 0.2) is 69.7 Å². The van der Waals surface area contributed by atoms with E-state index in [4.69, 9.17) is 14.2 Å². The van der Waals surface area contributed by atoms with E-state index in [1.54, 1.807) is 24.3 Å². The molecule has 0 spiro atoms. The summed E-state index contributed by atoms with van der Waals surface area (Å²) in [6, 6.07) is 11.9. The standard InChI is InChI=1S/C18H16F3N5O4.C17H14F3N5O4.2CH4.Li.H2O/c1-9(22-15(27)12-8-13(18(19,20)21)24-26(12)2)16-23-14(25-30-16)10-5-4-6-11(7-10)17(28)29-3;1-8(21-14(26)11-7-12(17(18,19)20)23-25(11)2)15-22-13(24-29-15)9-4-3-5-10(6-9)16(27)28;;;;/h4-9H,1-3H3,(H,22,27);3-8H,1-2H3,(H,21,26)(H,27,28);2*1H4;;1H2/q;;;;+1;/p-1. The number of aromatic carboxylic acids is 1. The monoisotopic (exact) mass is 888 g/mol. The molecular weight excluding hydrogens is 849 g/mol. The molecule has 2 atom stereocenters. The minimum absolute atomic E-state index is 0. The summed E-state index contributed by atoms with van der Waals surface area (Å²) in [7, 11) is 3.70. The fourth-order valence-electron chi connectivity index (χ4n) is 5.05. The van der Waals surface area contributed by atoms with Gasteiger partial charge in [-0.25, -0.2) is 9.59 Å². The predicted molar refractivity (Wildman–Crippen MR) is 201 cm³/mol. The number of benzene rings is 2. The van der Waals surface area contributed by atoms with Crippen molar-refractivity contribution in [2.45, 2.75) is 53.1 Å². The van der Waals surface area contributed by atoms with Crippen molar-refractivity contribution in [2.75, 3.05) is 7.11 Å². The van der Waals surface area contributed by atoms with E-state index in [1.807, 2.05) is 0 Å². The van der Waals surface area contributed by atoms with E-state index in [9.17, 15) is 45.5 Å². The number of methoxy groups -OCH3 is 1. The normalized spacial score (nSPS) is 11.7. The SMILES string of the molecule is C.C.CC(NC(=O)c1cc(C(F)(F)F)nn1C)c1nc(-c2cccc(C(=O)O)c2)no1.COC(=O)c1cccc(-c2noc(C(C)NC(=O)c3cc(C(F)(F)F)nn3C)n2)c1.[Li+].[OH-]. The molecule has 19 nitrogen and oxygen atoms in total. The Hall–Kier alpha value is -6.84. The minimum atomic E-state index is -4.67. The number of halogens is 6. The van der Waals surface area contributed by atoms with Crippen LogP contribution in [-0.4, -0.2) is 81.3 Å². The van der Waals surface area contributed by atoms with Crippen LogP contribution in [0, 0.1) is 0 Å². The van der Waals surface area contributed by atoms with Crippen LogP contribution in [0.2, 0.25) is 0 Å². The summed E-state index contributed by atoms with van der Waals surface area (Å²) in [5, 5.41) is 28.1. The van der Waals surface area contributed by atoms with Crippen molar-refractivity contribution in [3.05, 3.63) is 106 Å². The molecule has 0 saturated carbocycles. The molecule has 0 bridgehead atoms. The van der Waals surface area contributed by atoms with E-state index in [0.29, 0.717) is 28.8 Å². The zero-order chi connectivity index (χ0) is 43.4. The molecule has 26 heteroatoms. The van der Waals surface area contributed by atoms with Gasteiger partial charge in [-0.2, -0.15) is 46.5 Å². The average Bonchev–Trinajstić information content (AvgIpc) is 4.01. The van der Waals surface area contributed by atoms with Crippen LogP contribution in [0.3, 0.4) is 0 Å². The fourth-order valence-corrected chi connectivity index (χ4v) is 5.05. The van der Waals surface area contributed by atoms with Gasteiger partial charge in [0.15, 0.2) is 11.4 Å². The van der Waals surface area contributed by atoms with Gasteiger partial charge >= 0.3 is 43.2 Å². The van der Waals surface area contributed by atoms with Crippen molar-refractivity contribution in [2.24, 2.45) is 14.1 Å². The molecule has 2 aromatic carbocycles. The van der Waals surface area contributed by atoms with Gasteiger partial charge in [-0.1, -0.05) is 49.4 Å². The van der Waals surface area contributed by atoms with Crippen molar-refractivity contribution < 1.29 is 88.7 Å². The number of esters is 1. The van der Waals surface area contributed by atoms with E-state index >= 15 is 0 Å². The summed E-state index contributed by atoms with van der Waals surface area (Å²) >= 11 is 0. The van der Waals surface area contributed by atoms with Gasteiger partial charge in [-0.05, 0) is 38.1 Å². The molecular formula is C37H39F6LiN10O9. The van der Waals surface area contributed by atoms with E-state index in [2.05, 4.69) is 45.8 Å². The Balaban J connectivity index is 0.000000593. The number of amides is 2. The average molecular weight is 889 g/mol. The molecule has 6 rings (SSSR count). The van der Waals surface area contributed by atoms with Crippen LogP contribution >= 0.6 is 0 Å². The second kappa shape index (κ2) is 21.8. The molecule has 0 aliphatic carbocycles. The van der Waals surface area contributed by atoms with Gasteiger partial charge in [0.05, 0.1) is 18.2 Å². The Bertz CT molecular complexity index is 2520. The second-order valence-electron chi connectivity index (χ2n) is 12.3. The number of rotatable bonds is 10. The maximum atomic E-state index is 12.8. The van der Waals surface area contributed by atoms with E-state index in [-0.39, 0.29) is 79.6 Å². The molecule has 4 N–H and O–H groups in total. The van der Waals surface area contributed by atoms with Crippen molar-refractivity contribution in [1.82, 2.24) is 50.5 Å². The summed E-state index contributed by atoms with van der Waals surface area (Å²) < 4.78 is 93.1. The smallest absolute Gasteiger partial charge is 0.870 e. The predicted octanol–water partition coefficient (Wildman–Crippen LogP) is 3.54. The summed E-state index contributed by atoms with van der Waals surface area (Å²) in [6.45, 7) is 3.03. The van der Waals surface area contributed by atoms with Crippen LogP contribution in [0.5, 0.6) is 0 Å². The zero-order valence-corrected chi connectivity index (χ0v) is 32.5. The third-order valence-electron chi connectivity index (χ3n) is 8.03. The number of alkyl halides is 6. The van der Waals surface area contributed by atoms with Gasteiger partial charge in [0, 0.05) is 37.4 Å². The number of carbonyl (C=O) groups excluding carboxylic acids is 3. The molecule has 4 heterocycles. The zero-order valence-electron chi connectivity index (χ0n) is 32.5. The molecule has 0 aliphatic rings. The molecule has 0 radical (unpaired) electrons. The third-order valence-corrected chi connectivity index (χ3v) is 8.03. The number of hydrogen-bond donors (Lipinski definition) is 3. The van der Waals surface area contributed by atoms with Crippen LogP contribution in [-0.2, 0) is 31.2 Å². The molecule has 0 saturated heterocycles. The Morgan fingerprint density at radius 1 is 0.698 bits per heavy atom. The summed E-state index contributed by atoms with van der Waals surface area (Å²) in [4.78, 5) is 55.6. The maximum Gasteiger partial charge on any atom is 1.00 e. The largest absolute Gasteiger partial charge is 1.00 e. The maximum absolute atomic E-state index is 12.8. The van der Waals surface area contributed by atoms with Gasteiger partial charge < -0.3 is 35.0 Å². The molecule has 334 valence electrons. The molecule has 2 unspecified atom stereocenters. The molecule has 4 aromatic heterocycles. The third kappa shape index (κ3) is 13.1. The molecule has 2 amide bonds. The number of carboxylic acids is 1. The first-order valence-electron chi connectivity index (χ1n) is 16.7. The number of nitrogens with zero attached hydrogens (tertiary/aromatic N) is 8. The van der Waals surface area contributed by atoms with E-state index < -0.39 is 59.6 Å². The Morgan fingerprint density at radius 3 is 1.43 bits per heavy atom. The summed E-state index contributed by atoms with van der Waals surface area (Å²) in [6.07, 6.45) is -9.34. The van der Waals surface area contributed by atoms with Crippen LogP contribution in [0.1, 0.15) is 106 Å². The number of carbonyl (C=O) groups is 4. The van der Waals surface area contributed by atoms with Gasteiger partial charge in [0.1, 0.15) is 23.5 Å². The number of hydrogen-bond acceptors (Lipinski definition) is 14. The number of nitrogens with one attached hydrogen (secondary N) is 2. The van der Waals surface area contributed by atoms with E-state index in [0.717, 1.165) is 9.36 Å². The summed E-state index contributed by atoms with van der Waals surface area (Å²) in [5.74, 6) is -2.97. The fraction of sp³-hybridized carbons (Fsp3) is 0.297. The van der Waals surface area contributed by atoms with Crippen LogP contribution in [0.25, 0.3) is 22.8 Å². The Kier molecular flexibility index (Phi) is 18.7. The molecule has 0 aliphatic heterocycles. The molecule has 63 heavy (non-hydrogen) atoms. The quantitative estimate of drug-likeness (QED) is 0.101. The van der Waals surface area contributed by atoms with Gasteiger partial charge in [0.2, 0.25) is 23.4 Å². The minimum Gasteiger partial charge on any atom is -0.870 e. The van der Waals surface area contributed by atoms with Gasteiger partial charge in [-0.3, -0.25) is 19.0 Å². The van der Waals surface area contributed by atoms with Gasteiger partial charge in [0.25, 0.3) is 11.8 Å². The first-order chi connectivity index (χ1) is 27.7. The van der Waals surface area contributed by atoms with E-state index in [1.165, 1.54) is 59.3 Å². The molecule has 6 aromatic rings. The van der Waals surface area contributed by atoms with Crippen molar-refractivity contribution in [1.29, 1.82) is 0 Å². The van der Waals surface area contributed by atoms with Crippen molar-refractivity contribution >= 4 is 23.8 Å². The number of aryl methyl sites for hydroxylation is 2. The first kappa shape index (κ1) is 54.2. The Morgan fingerprint density at radius 2 is 1.08 bits per heavy atom. The second-order valence-corrected chi connectivity index (χ2v) is 12.3. The summed E-state index contributed by atoms with van der Waals surface area (Å²) in [5.41, 5.74) is -1.73. The molecule has 0 fully saturated rings. The number of ether oxygens (including phenoxy) is 1. The number of aromatic nitrogens is 8. The van der Waals surface area contributed by atoms with Gasteiger partial charge in [-0.15, -0.1) is 0 Å². The Labute approximate surface area is 365 Å². The van der Waals surface area contributed by atoms with Crippen LogP contribution in [0.4, 0.5) is 26.3 Å². The van der Waals surface area contributed by atoms with Crippen molar-refractivity contribution in [3.8, 4) is 22.8 Å². The topological polar surface area (TPSA) is 265 Å². The van der Waals surface area contributed by atoms with Crippen molar-refractivity contribution in [3.63, 3.8) is 0 Å². The first-order valence-corrected chi connectivity index (χ1v) is 16.7.